The molecule has 0 radical (unpaired) electrons. The van der Waals surface area contributed by atoms with E-state index >= 15 is 0 Å². The number of carbonyl (C=O) groups is 1. The van der Waals surface area contributed by atoms with Gasteiger partial charge in [-0.15, -0.1) is 0 Å². The first kappa shape index (κ1) is 21.5. The number of aryl methyl sites for hydroxylation is 1. The van der Waals surface area contributed by atoms with Gasteiger partial charge in [-0.3, -0.25) is 10.0 Å². The van der Waals surface area contributed by atoms with Crippen LogP contribution in [0.1, 0.15) is 38.7 Å². The highest BCUT2D eigenvalue weighted by molar-refractivity contribution is 6.42. The highest BCUT2D eigenvalue weighted by Crippen LogP contribution is 2.29. The lowest BCUT2D eigenvalue weighted by molar-refractivity contribution is -0.166. The lowest BCUT2D eigenvalue weighted by atomic mass is 10.0. The fraction of sp³-hybridized carbons (Fsp3) is 0.381. The highest BCUT2D eigenvalue weighted by atomic mass is 35.5. The van der Waals surface area contributed by atoms with E-state index in [9.17, 15) is 10.0 Å². The van der Waals surface area contributed by atoms with Gasteiger partial charge >= 0.3 is 0 Å². The summed E-state index contributed by atoms with van der Waals surface area (Å²) in [5.41, 5.74) is 1.07. The number of halogens is 2. The fourth-order valence-electron chi connectivity index (χ4n) is 2.55. The predicted octanol–water partition coefficient (Wildman–Crippen LogP) is 6.37. The number of benzene rings is 2. The monoisotopic (exact) mass is 409 g/mol. The van der Waals surface area contributed by atoms with Crippen LogP contribution in [0.5, 0.6) is 11.5 Å². The van der Waals surface area contributed by atoms with Crippen molar-refractivity contribution in [1.82, 2.24) is 5.06 Å². The molecule has 0 saturated heterocycles. The van der Waals surface area contributed by atoms with E-state index in [4.69, 9.17) is 27.9 Å². The van der Waals surface area contributed by atoms with Crippen LogP contribution in [0, 0.1) is 5.92 Å². The maximum Gasteiger partial charge on any atom is 0.246 e. The van der Waals surface area contributed by atoms with Gasteiger partial charge in [0.25, 0.3) is 0 Å². The number of hydrogen-bond donors (Lipinski definition) is 1. The molecule has 0 aromatic heterocycles. The first-order valence-corrected chi connectivity index (χ1v) is 9.85. The number of hydroxylamine groups is 2. The zero-order valence-electron chi connectivity index (χ0n) is 15.6. The van der Waals surface area contributed by atoms with Crippen molar-refractivity contribution in [1.29, 1.82) is 0 Å². The zero-order chi connectivity index (χ0) is 19.8. The average Bonchev–Trinajstić information content (AvgIpc) is 2.64. The Labute approximate surface area is 170 Å². The Hall–Kier alpha value is -1.75. The van der Waals surface area contributed by atoms with E-state index in [2.05, 4.69) is 0 Å². The topological polar surface area (TPSA) is 49.8 Å². The smallest absolute Gasteiger partial charge is 0.246 e. The summed E-state index contributed by atoms with van der Waals surface area (Å²) < 4.78 is 5.82. The summed E-state index contributed by atoms with van der Waals surface area (Å²) in [6.07, 6.45) is 2.69. The quantitative estimate of drug-likeness (QED) is 0.386. The van der Waals surface area contributed by atoms with Gasteiger partial charge < -0.3 is 4.74 Å². The van der Waals surface area contributed by atoms with Crippen LogP contribution in [-0.4, -0.2) is 22.7 Å². The van der Waals surface area contributed by atoms with E-state index in [-0.39, 0.29) is 11.8 Å². The van der Waals surface area contributed by atoms with Crippen LogP contribution in [0.4, 0.5) is 0 Å². The lowest BCUT2D eigenvalue weighted by Gasteiger charge is -2.17. The normalized spacial score (nSPS) is 11.9. The second-order valence-corrected chi connectivity index (χ2v) is 7.48. The van der Waals surface area contributed by atoms with Crippen molar-refractivity contribution in [2.45, 2.75) is 39.5 Å². The molecule has 2 aromatic carbocycles. The molecule has 1 unspecified atom stereocenters. The van der Waals surface area contributed by atoms with E-state index in [0.29, 0.717) is 40.9 Å². The summed E-state index contributed by atoms with van der Waals surface area (Å²) in [4.78, 5) is 11.9. The molecule has 1 atom stereocenters. The summed E-state index contributed by atoms with van der Waals surface area (Å²) >= 11 is 11.9. The molecule has 0 aliphatic carbocycles. The van der Waals surface area contributed by atoms with E-state index in [1.807, 2.05) is 38.1 Å². The molecular formula is C21H25Cl2NO3. The van der Waals surface area contributed by atoms with Crippen LogP contribution in [0.15, 0.2) is 42.5 Å². The molecular weight excluding hydrogens is 385 g/mol. The first-order chi connectivity index (χ1) is 12.9. The van der Waals surface area contributed by atoms with Crippen molar-refractivity contribution < 1.29 is 14.7 Å². The Morgan fingerprint density at radius 1 is 1.15 bits per heavy atom. The van der Waals surface area contributed by atoms with Gasteiger partial charge in [0, 0.05) is 19.0 Å². The van der Waals surface area contributed by atoms with E-state index < -0.39 is 0 Å². The number of ether oxygens (including phenoxy) is 1. The Bertz CT molecular complexity index is 767. The molecule has 0 aliphatic rings. The maximum atomic E-state index is 11.9. The number of hydrogen-bond acceptors (Lipinski definition) is 3. The number of amides is 1. The van der Waals surface area contributed by atoms with Crippen LogP contribution in [0.3, 0.4) is 0 Å². The Morgan fingerprint density at radius 2 is 1.89 bits per heavy atom. The lowest BCUT2D eigenvalue weighted by Crippen LogP contribution is -2.29. The van der Waals surface area contributed by atoms with E-state index in [1.54, 1.807) is 18.2 Å². The van der Waals surface area contributed by atoms with Crippen LogP contribution in [0.2, 0.25) is 10.0 Å². The standard InChI is InChI=1S/C21H25Cl2NO3/c1-3-15(2)12-21(25)24(26)11-5-7-16-6-4-8-17(13-16)27-18-9-10-19(22)20(23)14-18/h4,6,8-10,13-15,26H,3,5,7,11-12H2,1-2H3. The molecule has 27 heavy (non-hydrogen) atoms. The predicted molar refractivity (Wildman–Crippen MR) is 109 cm³/mol. The Kier molecular flexibility index (Phi) is 8.42. The molecule has 0 saturated carbocycles. The van der Waals surface area contributed by atoms with Gasteiger partial charge in [-0.25, -0.2) is 5.06 Å². The average molecular weight is 410 g/mol. The van der Waals surface area contributed by atoms with Crippen molar-refractivity contribution >= 4 is 29.1 Å². The molecule has 1 N–H and O–H groups in total. The van der Waals surface area contributed by atoms with E-state index in [1.165, 1.54) is 0 Å². The summed E-state index contributed by atoms with van der Waals surface area (Å²) in [7, 11) is 0. The molecule has 0 bridgehead atoms. The fourth-order valence-corrected chi connectivity index (χ4v) is 2.83. The largest absolute Gasteiger partial charge is 0.457 e. The third kappa shape index (κ3) is 7.06. The second-order valence-electron chi connectivity index (χ2n) is 6.66. The zero-order valence-corrected chi connectivity index (χ0v) is 17.1. The second kappa shape index (κ2) is 10.5. The van der Waals surface area contributed by atoms with Gasteiger partial charge in [0.05, 0.1) is 10.0 Å². The molecule has 0 heterocycles. The number of carbonyl (C=O) groups excluding carboxylic acids is 1. The van der Waals surface area contributed by atoms with Crippen LogP contribution in [0.25, 0.3) is 0 Å². The SMILES string of the molecule is CCC(C)CC(=O)N(O)CCCc1cccc(Oc2ccc(Cl)c(Cl)c2)c1. The van der Waals surface area contributed by atoms with Crippen molar-refractivity contribution in [3.05, 3.63) is 58.1 Å². The van der Waals surface area contributed by atoms with Gasteiger partial charge in [0.2, 0.25) is 5.91 Å². The van der Waals surface area contributed by atoms with Crippen molar-refractivity contribution in [3.63, 3.8) is 0 Å². The molecule has 0 aliphatic heterocycles. The van der Waals surface area contributed by atoms with Crippen molar-refractivity contribution in [3.8, 4) is 11.5 Å². The minimum Gasteiger partial charge on any atom is -0.457 e. The number of rotatable bonds is 9. The summed E-state index contributed by atoms with van der Waals surface area (Å²) in [6.45, 7) is 4.35. The number of nitrogens with zero attached hydrogens (tertiary/aromatic N) is 1. The molecule has 0 spiro atoms. The van der Waals surface area contributed by atoms with Gasteiger partial charge in [-0.1, -0.05) is 55.6 Å². The van der Waals surface area contributed by atoms with Crippen LogP contribution < -0.4 is 4.74 Å². The van der Waals surface area contributed by atoms with Gasteiger partial charge in [0.15, 0.2) is 0 Å². The molecule has 6 heteroatoms. The molecule has 1 amide bonds. The van der Waals surface area contributed by atoms with Gasteiger partial charge in [-0.2, -0.15) is 0 Å². The highest BCUT2D eigenvalue weighted by Gasteiger charge is 2.13. The maximum absolute atomic E-state index is 11.9. The molecule has 0 fully saturated rings. The Balaban J connectivity index is 1.86. The van der Waals surface area contributed by atoms with Crippen molar-refractivity contribution in [2.24, 2.45) is 5.92 Å². The third-order valence-corrected chi connectivity index (χ3v) is 5.11. The Morgan fingerprint density at radius 3 is 2.59 bits per heavy atom. The van der Waals surface area contributed by atoms with E-state index in [0.717, 1.165) is 23.5 Å². The third-order valence-electron chi connectivity index (χ3n) is 4.37. The minimum atomic E-state index is -0.221. The molecule has 2 rings (SSSR count). The van der Waals surface area contributed by atoms with Crippen LogP contribution >= 0.6 is 23.2 Å². The first-order valence-electron chi connectivity index (χ1n) is 9.10. The van der Waals surface area contributed by atoms with Gasteiger partial charge in [0.1, 0.15) is 11.5 Å². The van der Waals surface area contributed by atoms with Crippen LogP contribution in [-0.2, 0) is 11.2 Å². The van der Waals surface area contributed by atoms with Crippen molar-refractivity contribution in [2.75, 3.05) is 6.54 Å². The molecule has 146 valence electrons. The summed E-state index contributed by atoms with van der Waals surface area (Å²) in [5.74, 6) is 1.36. The van der Waals surface area contributed by atoms with Gasteiger partial charge in [-0.05, 0) is 48.6 Å². The molecule has 2 aromatic rings. The summed E-state index contributed by atoms with van der Waals surface area (Å²) in [6, 6.07) is 12.8. The molecule has 4 nitrogen and oxygen atoms in total. The minimum absolute atomic E-state index is 0.221. The summed E-state index contributed by atoms with van der Waals surface area (Å²) in [5, 5.41) is 11.6.